The molecule has 1 unspecified atom stereocenters. The van der Waals surface area contributed by atoms with Gasteiger partial charge in [-0.05, 0) is 12.5 Å². The lowest BCUT2D eigenvalue weighted by atomic mass is 10.0. The molecule has 0 radical (unpaired) electrons. The molecule has 1 amide bonds. The highest BCUT2D eigenvalue weighted by Crippen LogP contribution is 2.25. The van der Waals surface area contributed by atoms with Gasteiger partial charge in [-0.2, -0.15) is 0 Å². The maximum absolute atomic E-state index is 13.8. The first-order valence-electron chi connectivity index (χ1n) is 5.98. The number of carbonyl (C=O) groups excluding carboxylic acids is 1. The van der Waals surface area contributed by atoms with Gasteiger partial charge in [0.15, 0.2) is 0 Å². The van der Waals surface area contributed by atoms with E-state index in [4.69, 9.17) is 11.6 Å². The number of hydrogen-bond donors (Lipinski definition) is 2. The number of benzene rings is 1. The molecule has 18 heavy (non-hydrogen) atoms. The number of hydrogen-bond acceptors (Lipinski definition) is 2. The first-order chi connectivity index (χ1) is 8.60. The third-order valence-corrected chi connectivity index (χ3v) is 3.08. The fourth-order valence-electron chi connectivity index (χ4n) is 1.75. The predicted molar refractivity (Wildman–Crippen MR) is 71.1 cm³/mol. The van der Waals surface area contributed by atoms with Gasteiger partial charge in [0.1, 0.15) is 5.82 Å². The SMILES string of the molecule is CCC(NCCC(=O)NC)c1cccc(Cl)c1F. The summed E-state index contributed by atoms with van der Waals surface area (Å²) in [6.07, 6.45) is 1.10. The van der Waals surface area contributed by atoms with Gasteiger partial charge in [-0.1, -0.05) is 30.7 Å². The van der Waals surface area contributed by atoms with Crippen molar-refractivity contribution in [2.45, 2.75) is 25.8 Å². The summed E-state index contributed by atoms with van der Waals surface area (Å²) in [4.78, 5) is 11.1. The topological polar surface area (TPSA) is 41.1 Å². The summed E-state index contributed by atoms with van der Waals surface area (Å²) in [6, 6.07) is 4.83. The van der Waals surface area contributed by atoms with Crippen LogP contribution in [0.3, 0.4) is 0 Å². The van der Waals surface area contributed by atoms with E-state index in [1.54, 1.807) is 19.2 Å². The van der Waals surface area contributed by atoms with Crippen LogP contribution in [0.1, 0.15) is 31.4 Å². The van der Waals surface area contributed by atoms with Crippen LogP contribution >= 0.6 is 11.6 Å². The molecular formula is C13H18ClFN2O. The van der Waals surface area contributed by atoms with Crippen molar-refractivity contribution >= 4 is 17.5 Å². The van der Waals surface area contributed by atoms with Gasteiger partial charge >= 0.3 is 0 Å². The van der Waals surface area contributed by atoms with Crippen LogP contribution in [0.25, 0.3) is 0 Å². The Kier molecular flexibility index (Phi) is 6.09. The van der Waals surface area contributed by atoms with E-state index < -0.39 is 5.82 Å². The average Bonchev–Trinajstić information content (AvgIpc) is 2.38. The molecule has 0 aliphatic rings. The minimum Gasteiger partial charge on any atom is -0.359 e. The highest BCUT2D eigenvalue weighted by molar-refractivity contribution is 6.30. The number of amides is 1. The maximum Gasteiger partial charge on any atom is 0.221 e. The smallest absolute Gasteiger partial charge is 0.221 e. The van der Waals surface area contributed by atoms with Gasteiger partial charge in [-0.15, -0.1) is 0 Å². The van der Waals surface area contributed by atoms with Gasteiger partial charge in [0, 0.05) is 31.6 Å². The number of halogens is 2. The highest BCUT2D eigenvalue weighted by Gasteiger charge is 2.15. The monoisotopic (exact) mass is 272 g/mol. The summed E-state index contributed by atoms with van der Waals surface area (Å²) in [6.45, 7) is 2.46. The lowest BCUT2D eigenvalue weighted by molar-refractivity contribution is -0.120. The van der Waals surface area contributed by atoms with Crippen LogP contribution in [0.15, 0.2) is 18.2 Å². The average molecular weight is 273 g/mol. The van der Waals surface area contributed by atoms with Gasteiger partial charge in [0.05, 0.1) is 5.02 Å². The van der Waals surface area contributed by atoms with Crippen LogP contribution in [0.2, 0.25) is 5.02 Å². The Morgan fingerprint density at radius 3 is 2.83 bits per heavy atom. The van der Waals surface area contributed by atoms with Crippen molar-refractivity contribution in [3.05, 3.63) is 34.6 Å². The van der Waals surface area contributed by atoms with Crippen LogP contribution in [-0.4, -0.2) is 19.5 Å². The summed E-state index contributed by atoms with van der Waals surface area (Å²) in [5, 5.41) is 5.83. The molecule has 0 aromatic heterocycles. The van der Waals surface area contributed by atoms with Crippen molar-refractivity contribution in [1.82, 2.24) is 10.6 Å². The Morgan fingerprint density at radius 1 is 1.50 bits per heavy atom. The van der Waals surface area contributed by atoms with E-state index >= 15 is 0 Å². The van der Waals surface area contributed by atoms with E-state index in [0.29, 0.717) is 18.5 Å². The van der Waals surface area contributed by atoms with Crippen molar-refractivity contribution in [2.24, 2.45) is 0 Å². The molecule has 3 nitrogen and oxygen atoms in total. The molecular weight excluding hydrogens is 255 g/mol. The minimum absolute atomic E-state index is 0.0380. The fourth-order valence-corrected chi connectivity index (χ4v) is 1.93. The predicted octanol–water partition coefficient (Wildman–Crippen LogP) is 2.66. The number of rotatable bonds is 6. The van der Waals surface area contributed by atoms with E-state index in [9.17, 15) is 9.18 Å². The Bertz CT molecular complexity index is 412. The molecule has 1 aromatic carbocycles. The standard InChI is InChI=1S/C13H18ClFN2O/c1-3-11(17-8-7-12(18)16-2)9-5-4-6-10(14)13(9)15/h4-6,11,17H,3,7-8H2,1-2H3,(H,16,18). The zero-order valence-electron chi connectivity index (χ0n) is 10.6. The lowest BCUT2D eigenvalue weighted by Gasteiger charge is -2.18. The molecule has 2 N–H and O–H groups in total. The molecule has 0 heterocycles. The molecule has 1 rings (SSSR count). The van der Waals surface area contributed by atoms with Gasteiger partial charge in [-0.25, -0.2) is 4.39 Å². The fraction of sp³-hybridized carbons (Fsp3) is 0.462. The third-order valence-electron chi connectivity index (χ3n) is 2.79. The van der Waals surface area contributed by atoms with E-state index in [1.165, 1.54) is 6.07 Å². The van der Waals surface area contributed by atoms with Crippen LogP contribution in [0.4, 0.5) is 4.39 Å². The third kappa shape index (κ3) is 3.96. The van der Waals surface area contributed by atoms with E-state index in [2.05, 4.69) is 10.6 Å². The summed E-state index contributed by atoms with van der Waals surface area (Å²) in [5.41, 5.74) is 0.543. The van der Waals surface area contributed by atoms with Crippen molar-refractivity contribution < 1.29 is 9.18 Å². The molecule has 5 heteroatoms. The zero-order chi connectivity index (χ0) is 13.5. The molecule has 0 aliphatic heterocycles. The Morgan fingerprint density at radius 2 is 2.22 bits per heavy atom. The van der Waals surface area contributed by atoms with Crippen molar-refractivity contribution in [3.63, 3.8) is 0 Å². The van der Waals surface area contributed by atoms with Crippen LogP contribution in [0.5, 0.6) is 0 Å². The maximum atomic E-state index is 13.8. The van der Waals surface area contributed by atoms with Crippen LogP contribution in [-0.2, 0) is 4.79 Å². The van der Waals surface area contributed by atoms with Gasteiger partial charge < -0.3 is 10.6 Å². The van der Waals surface area contributed by atoms with Gasteiger partial charge in [0.2, 0.25) is 5.91 Å². The molecule has 0 bridgehead atoms. The molecule has 0 saturated carbocycles. The highest BCUT2D eigenvalue weighted by atomic mass is 35.5. The second-order valence-corrected chi connectivity index (χ2v) is 4.39. The summed E-state index contributed by atoms with van der Waals surface area (Å²) < 4.78 is 13.8. The molecule has 0 fully saturated rings. The second-order valence-electron chi connectivity index (χ2n) is 3.98. The number of carbonyl (C=O) groups is 1. The zero-order valence-corrected chi connectivity index (χ0v) is 11.4. The Balaban J connectivity index is 2.66. The van der Waals surface area contributed by atoms with Crippen molar-refractivity contribution in [1.29, 1.82) is 0 Å². The molecule has 0 spiro atoms. The summed E-state index contributed by atoms with van der Waals surface area (Å²) in [5.74, 6) is -0.428. The normalized spacial score (nSPS) is 12.2. The second kappa shape index (κ2) is 7.34. The van der Waals surface area contributed by atoms with Gasteiger partial charge in [0.25, 0.3) is 0 Å². The van der Waals surface area contributed by atoms with Crippen LogP contribution < -0.4 is 10.6 Å². The molecule has 0 saturated heterocycles. The van der Waals surface area contributed by atoms with E-state index in [-0.39, 0.29) is 17.0 Å². The molecule has 1 aromatic rings. The van der Waals surface area contributed by atoms with E-state index in [1.807, 2.05) is 6.92 Å². The lowest BCUT2D eigenvalue weighted by Crippen LogP contribution is -2.28. The Labute approximate surface area is 112 Å². The largest absolute Gasteiger partial charge is 0.359 e. The quantitative estimate of drug-likeness (QED) is 0.836. The Hall–Kier alpha value is -1.13. The van der Waals surface area contributed by atoms with Gasteiger partial charge in [-0.3, -0.25) is 4.79 Å². The van der Waals surface area contributed by atoms with E-state index in [0.717, 1.165) is 6.42 Å². The summed E-state index contributed by atoms with van der Waals surface area (Å²) in [7, 11) is 1.59. The van der Waals surface area contributed by atoms with Crippen LogP contribution in [0, 0.1) is 5.82 Å². The van der Waals surface area contributed by atoms with Crippen molar-refractivity contribution in [2.75, 3.05) is 13.6 Å². The molecule has 0 aliphatic carbocycles. The first-order valence-corrected chi connectivity index (χ1v) is 6.35. The minimum atomic E-state index is -0.390. The number of nitrogens with one attached hydrogen (secondary N) is 2. The first kappa shape index (κ1) is 14.9. The van der Waals surface area contributed by atoms with Crippen molar-refractivity contribution in [3.8, 4) is 0 Å². The summed E-state index contributed by atoms with van der Waals surface area (Å²) >= 11 is 5.75. The molecule has 1 atom stereocenters. The molecule has 100 valence electrons.